The first kappa shape index (κ1) is 11.0. The maximum Gasteiger partial charge on any atom is 0.237 e. The highest BCUT2D eigenvalue weighted by Crippen LogP contribution is 2.27. The molecule has 1 aliphatic rings. The second-order valence-corrected chi connectivity index (χ2v) is 5.73. The number of carbonyl (C=O) groups excluding carboxylic acids is 1. The van der Waals surface area contributed by atoms with E-state index in [1.807, 2.05) is 24.3 Å². The van der Waals surface area contributed by atoms with Crippen molar-refractivity contribution in [3.8, 4) is 0 Å². The molecule has 2 rings (SSSR count). The van der Waals surface area contributed by atoms with Crippen molar-refractivity contribution in [3.05, 3.63) is 28.7 Å². The molecule has 1 unspecified atom stereocenters. The summed E-state index contributed by atoms with van der Waals surface area (Å²) in [5.41, 5.74) is 0.863. The van der Waals surface area contributed by atoms with Crippen molar-refractivity contribution >= 4 is 39.3 Å². The average molecular weight is 286 g/mol. The third-order valence-corrected chi connectivity index (χ3v) is 4.18. The zero-order valence-electron chi connectivity index (χ0n) is 8.20. The first-order valence-electron chi connectivity index (χ1n) is 4.94. The summed E-state index contributed by atoms with van der Waals surface area (Å²) in [4.78, 5) is 11.8. The molecule has 1 aromatic rings. The molecule has 15 heavy (non-hydrogen) atoms. The van der Waals surface area contributed by atoms with Gasteiger partial charge in [0.05, 0.1) is 5.25 Å². The van der Waals surface area contributed by atoms with Gasteiger partial charge >= 0.3 is 0 Å². The molecule has 2 nitrogen and oxygen atoms in total. The number of amides is 1. The molecule has 1 N–H and O–H groups in total. The Bertz CT molecular complexity index is 363. The van der Waals surface area contributed by atoms with Crippen LogP contribution in [0.1, 0.15) is 12.8 Å². The van der Waals surface area contributed by atoms with Gasteiger partial charge in [-0.15, -0.1) is 11.8 Å². The Labute approximate surface area is 102 Å². The van der Waals surface area contributed by atoms with E-state index in [-0.39, 0.29) is 11.2 Å². The van der Waals surface area contributed by atoms with Gasteiger partial charge in [0, 0.05) is 10.2 Å². The van der Waals surface area contributed by atoms with Crippen LogP contribution in [0.3, 0.4) is 0 Å². The lowest BCUT2D eigenvalue weighted by molar-refractivity contribution is -0.115. The summed E-state index contributed by atoms with van der Waals surface area (Å²) in [6, 6.07) is 7.68. The highest BCUT2D eigenvalue weighted by molar-refractivity contribution is 9.10. The summed E-state index contributed by atoms with van der Waals surface area (Å²) in [5, 5.41) is 3.08. The minimum absolute atomic E-state index is 0.135. The Kier molecular flexibility index (Phi) is 3.70. The van der Waals surface area contributed by atoms with Crippen LogP contribution in [-0.2, 0) is 4.79 Å². The van der Waals surface area contributed by atoms with Crippen molar-refractivity contribution in [1.82, 2.24) is 0 Å². The standard InChI is InChI=1S/C11H12BrNOS/c12-8-3-1-4-9(7-8)13-11(14)10-5-2-6-15-10/h1,3-4,7,10H,2,5-6H2,(H,13,14). The summed E-state index contributed by atoms with van der Waals surface area (Å²) in [6.07, 6.45) is 2.16. The molecule has 0 aliphatic carbocycles. The topological polar surface area (TPSA) is 29.1 Å². The highest BCUT2D eigenvalue weighted by Gasteiger charge is 2.23. The van der Waals surface area contributed by atoms with Crippen LogP contribution in [0.4, 0.5) is 5.69 Å². The van der Waals surface area contributed by atoms with Crippen LogP contribution < -0.4 is 5.32 Å². The molecular weight excluding hydrogens is 274 g/mol. The number of hydrogen-bond acceptors (Lipinski definition) is 2. The van der Waals surface area contributed by atoms with Crippen molar-refractivity contribution in [2.24, 2.45) is 0 Å². The Balaban J connectivity index is 1.99. The monoisotopic (exact) mass is 285 g/mol. The number of nitrogens with one attached hydrogen (secondary N) is 1. The summed E-state index contributed by atoms with van der Waals surface area (Å²) < 4.78 is 0.986. The molecular formula is C11H12BrNOS. The molecule has 1 saturated heterocycles. The van der Waals surface area contributed by atoms with Crippen molar-refractivity contribution in [1.29, 1.82) is 0 Å². The normalized spacial score (nSPS) is 20.2. The summed E-state index contributed by atoms with van der Waals surface area (Å²) in [5.74, 6) is 1.24. The summed E-state index contributed by atoms with van der Waals surface area (Å²) >= 11 is 5.13. The third-order valence-electron chi connectivity index (χ3n) is 2.31. The van der Waals surface area contributed by atoms with E-state index in [9.17, 15) is 4.79 Å². The predicted octanol–water partition coefficient (Wildman–Crippen LogP) is 3.28. The van der Waals surface area contributed by atoms with E-state index in [1.54, 1.807) is 11.8 Å². The quantitative estimate of drug-likeness (QED) is 0.904. The lowest BCUT2D eigenvalue weighted by Gasteiger charge is -2.09. The fourth-order valence-electron chi connectivity index (χ4n) is 1.57. The molecule has 4 heteroatoms. The van der Waals surface area contributed by atoms with Gasteiger partial charge < -0.3 is 5.32 Å². The van der Waals surface area contributed by atoms with Crippen LogP contribution in [0.5, 0.6) is 0 Å². The van der Waals surface area contributed by atoms with E-state index in [0.717, 1.165) is 28.8 Å². The zero-order valence-corrected chi connectivity index (χ0v) is 10.6. The van der Waals surface area contributed by atoms with Gasteiger partial charge in [-0.05, 0) is 36.8 Å². The van der Waals surface area contributed by atoms with Crippen molar-refractivity contribution in [2.45, 2.75) is 18.1 Å². The summed E-state index contributed by atoms with van der Waals surface area (Å²) in [7, 11) is 0. The van der Waals surface area contributed by atoms with Gasteiger partial charge in [0.15, 0.2) is 0 Å². The molecule has 1 amide bonds. The van der Waals surface area contributed by atoms with Crippen LogP contribution in [0.15, 0.2) is 28.7 Å². The maximum absolute atomic E-state index is 11.8. The number of rotatable bonds is 2. The van der Waals surface area contributed by atoms with Crippen LogP contribution in [0.2, 0.25) is 0 Å². The Morgan fingerprint density at radius 3 is 3.07 bits per heavy atom. The number of carbonyl (C=O) groups is 1. The van der Waals surface area contributed by atoms with Crippen LogP contribution in [-0.4, -0.2) is 16.9 Å². The molecule has 0 saturated carbocycles. The second kappa shape index (κ2) is 5.03. The zero-order chi connectivity index (χ0) is 10.7. The fourth-order valence-corrected chi connectivity index (χ4v) is 3.13. The first-order chi connectivity index (χ1) is 7.25. The molecule has 0 aromatic heterocycles. The number of hydrogen-bond donors (Lipinski definition) is 1. The molecule has 0 radical (unpaired) electrons. The minimum Gasteiger partial charge on any atom is -0.325 e. The molecule has 0 bridgehead atoms. The van der Waals surface area contributed by atoms with Crippen molar-refractivity contribution in [2.75, 3.05) is 11.1 Å². The van der Waals surface area contributed by atoms with Crippen LogP contribution in [0, 0.1) is 0 Å². The van der Waals surface area contributed by atoms with Gasteiger partial charge in [0.25, 0.3) is 0 Å². The summed E-state index contributed by atoms with van der Waals surface area (Å²) in [6.45, 7) is 0. The molecule has 1 heterocycles. The lowest BCUT2D eigenvalue weighted by Crippen LogP contribution is -2.22. The van der Waals surface area contributed by atoms with Gasteiger partial charge in [0.1, 0.15) is 0 Å². The fraction of sp³-hybridized carbons (Fsp3) is 0.364. The molecule has 1 aliphatic heterocycles. The SMILES string of the molecule is O=C(Nc1cccc(Br)c1)C1CCCS1. The van der Waals surface area contributed by atoms with E-state index in [4.69, 9.17) is 0 Å². The smallest absolute Gasteiger partial charge is 0.237 e. The lowest BCUT2D eigenvalue weighted by atomic mass is 10.2. The van der Waals surface area contributed by atoms with Gasteiger partial charge in [-0.1, -0.05) is 22.0 Å². The average Bonchev–Trinajstić information content (AvgIpc) is 2.70. The molecule has 0 spiro atoms. The van der Waals surface area contributed by atoms with Gasteiger partial charge in [-0.3, -0.25) is 4.79 Å². The van der Waals surface area contributed by atoms with E-state index in [0.29, 0.717) is 0 Å². The minimum atomic E-state index is 0.135. The van der Waals surface area contributed by atoms with Gasteiger partial charge in [-0.2, -0.15) is 0 Å². The number of benzene rings is 1. The number of anilines is 1. The molecule has 1 aromatic carbocycles. The van der Waals surface area contributed by atoms with Crippen LogP contribution in [0.25, 0.3) is 0 Å². The predicted molar refractivity (Wildman–Crippen MR) is 68.3 cm³/mol. The van der Waals surface area contributed by atoms with E-state index in [2.05, 4.69) is 21.2 Å². The van der Waals surface area contributed by atoms with Gasteiger partial charge in [0.2, 0.25) is 5.91 Å². The molecule has 1 fully saturated rings. The Morgan fingerprint density at radius 2 is 2.40 bits per heavy atom. The molecule has 80 valence electrons. The Hall–Kier alpha value is -0.480. The van der Waals surface area contributed by atoms with E-state index in [1.165, 1.54) is 0 Å². The maximum atomic E-state index is 11.8. The number of thioether (sulfide) groups is 1. The van der Waals surface area contributed by atoms with E-state index < -0.39 is 0 Å². The molecule has 1 atom stereocenters. The second-order valence-electron chi connectivity index (χ2n) is 3.50. The van der Waals surface area contributed by atoms with Gasteiger partial charge in [-0.25, -0.2) is 0 Å². The first-order valence-corrected chi connectivity index (χ1v) is 6.78. The van der Waals surface area contributed by atoms with Crippen molar-refractivity contribution < 1.29 is 4.79 Å². The third kappa shape index (κ3) is 2.98. The Morgan fingerprint density at radius 1 is 1.53 bits per heavy atom. The number of halogens is 1. The highest BCUT2D eigenvalue weighted by atomic mass is 79.9. The van der Waals surface area contributed by atoms with E-state index >= 15 is 0 Å². The van der Waals surface area contributed by atoms with Crippen LogP contribution >= 0.6 is 27.7 Å². The van der Waals surface area contributed by atoms with Crippen molar-refractivity contribution in [3.63, 3.8) is 0 Å². The largest absolute Gasteiger partial charge is 0.325 e.